The van der Waals surface area contributed by atoms with Crippen molar-refractivity contribution < 1.29 is 23.9 Å². The van der Waals surface area contributed by atoms with E-state index in [1.165, 1.54) is 5.56 Å². The van der Waals surface area contributed by atoms with E-state index < -0.39 is 12.0 Å². The lowest BCUT2D eigenvalue weighted by atomic mass is 9.87. The van der Waals surface area contributed by atoms with Crippen molar-refractivity contribution in [2.45, 2.75) is 44.7 Å². The van der Waals surface area contributed by atoms with Gasteiger partial charge in [-0.15, -0.1) is 0 Å². The third-order valence-electron chi connectivity index (χ3n) is 6.60. The lowest BCUT2D eigenvalue weighted by molar-refractivity contribution is -0.131. The molecule has 2 unspecified atom stereocenters. The number of benzene rings is 2. The highest BCUT2D eigenvalue weighted by molar-refractivity contribution is 6.01. The number of nitrogens with one attached hydrogen (secondary N) is 2. The number of carbonyl (C=O) groups excluding carboxylic acids is 3. The summed E-state index contributed by atoms with van der Waals surface area (Å²) in [6.07, 6.45) is 3.02. The Labute approximate surface area is 192 Å². The summed E-state index contributed by atoms with van der Waals surface area (Å²) in [5.74, 6) is 0.0571. The van der Waals surface area contributed by atoms with Gasteiger partial charge in [-0.3, -0.25) is 14.4 Å². The number of nitrogens with zero attached hydrogens (tertiary/aromatic N) is 1. The molecule has 3 atom stereocenters. The van der Waals surface area contributed by atoms with Crippen molar-refractivity contribution in [2.24, 2.45) is 5.92 Å². The zero-order chi connectivity index (χ0) is 22.9. The third-order valence-corrected chi connectivity index (χ3v) is 6.60. The molecule has 0 spiro atoms. The van der Waals surface area contributed by atoms with Gasteiger partial charge in [0, 0.05) is 24.7 Å². The zero-order valence-corrected chi connectivity index (χ0v) is 18.5. The van der Waals surface area contributed by atoms with Crippen molar-refractivity contribution in [1.29, 1.82) is 0 Å². The van der Waals surface area contributed by atoms with Crippen LogP contribution < -0.4 is 25.0 Å². The summed E-state index contributed by atoms with van der Waals surface area (Å²) in [6.45, 7) is 2.09. The molecule has 2 heterocycles. The normalized spacial score (nSPS) is 22.0. The standard InChI is InChI=1S/C25H27N3O5/c1-15(24(30)27-20-8-4-6-16-5-2-3-7-19(16)20)26-25(31)17-11-23(29)28(13-17)18-9-10-21-22(12-18)33-14-32-21/h2-3,5,7,9-10,12,15,17,20H,4,6,8,11,13-14H2,1H3,(H,26,31)(H,27,30)/t15-,17?,20?/m0/s1. The van der Waals surface area contributed by atoms with E-state index in [9.17, 15) is 14.4 Å². The molecule has 8 nitrogen and oxygen atoms in total. The van der Waals surface area contributed by atoms with E-state index in [4.69, 9.17) is 9.47 Å². The molecule has 1 aliphatic carbocycles. The molecule has 33 heavy (non-hydrogen) atoms. The van der Waals surface area contributed by atoms with Gasteiger partial charge in [0.05, 0.1) is 12.0 Å². The van der Waals surface area contributed by atoms with Crippen LogP contribution in [0.3, 0.4) is 0 Å². The van der Waals surface area contributed by atoms with Gasteiger partial charge in [-0.05, 0) is 49.4 Å². The summed E-state index contributed by atoms with van der Waals surface area (Å²) in [5.41, 5.74) is 3.08. The van der Waals surface area contributed by atoms with Crippen LogP contribution in [-0.4, -0.2) is 37.1 Å². The van der Waals surface area contributed by atoms with E-state index >= 15 is 0 Å². The molecule has 2 aliphatic heterocycles. The van der Waals surface area contributed by atoms with E-state index in [2.05, 4.69) is 22.8 Å². The molecule has 5 rings (SSSR count). The van der Waals surface area contributed by atoms with Gasteiger partial charge >= 0.3 is 0 Å². The molecule has 1 saturated heterocycles. The van der Waals surface area contributed by atoms with E-state index in [1.807, 2.05) is 12.1 Å². The predicted octanol–water partition coefficient (Wildman–Crippen LogP) is 2.47. The molecule has 2 aromatic carbocycles. The number of carbonyl (C=O) groups is 3. The molecule has 0 aromatic heterocycles. The minimum absolute atomic E-state index is 0.0450. The van der Waals surface area contributed by atoms with Gasteiger partial charge in [-0.25, -0.2) is 0 Å². The number of fused-ring (bicyclic) bond motifs is 2. The van der Waals surface area contributed by atoms with Gasteiger partial charge in [-0.2, -0.15) is 0 Å². The number of hydrogen-bond donors (Lipinski definition) is 2. The SMILES string of the molecule is C[C@H](NC(=O)C1CC(=O)N(c2ccc3c(c2)OCO3)C1)C(=O)NC1CCCc2ccccc21. The Morgan fingerprint density at radius 3 is 2.82 bits per heavy atom. The van der Waals surface area contributed by atoms with E-state index in [0.717, 1.165) is 24.8 Å². The van der Waals surface area contributed by atoms with Gasteiger partial charge in [0.1, 0.15) is 6.04 Å². The van der Waals surface area contributed by atoms with Gasteiger partial charge in [0.15, 0.2) is 11.5 Å². The number of rotatable bonds is 5. The highest BCUT2D eigenvalue weighted by Crippen LogP contribution is 2.37. The Morgan fingerprint density at radius 1 is 1.12 bits per heavy atom. The summed E-state index contributed by atoms with van der Waals surface area (Å²) >= 11 is 0. The van der Waals surface area contributed by atoms with E-state index in [1.54, 1.807) is 30.0 Å². The molecule has 0 radical (unpaired) electrons. The Morgan fingerprint density at radius 2 is 1.94 bits per heavy atom. The van der Waals surface area contributed by atoms with Crippen LogP contribution in [0.5, 0.6) is 11.5 Å². The molecule has 1 fully saturated rings. The van der Waals surface area contributed by atoms with Crippen LogP contribution in [0, 0.1) is 5.92 Å². The molecule has 0 saturated carbocycles. The van der Waals surface area contributed by atoms with Gasteiger partial charge in [-0.1, -0.05) is 24.3 Å². The molecule has 8 heteroatoms. The third kappa shape index (κ3) is 4.25. The number of amides is 3. The molecular weight excluding hydrogens is 422 g/mol. The maximum absolute atomic E-state index is 12.8. The summed E-state index contributed by atoms with van der Waals surface area (Å²) in [4.78, 5) is 39.8. The van der Waals surface area contributed by atoms with Crippen LogP contribution in [0.1, 0.15) is 43.4 Å². The first-order chi connectivity index (χ1) is 16.0. The van der Waals surface area contributed by atoms with Gasteiger partial charge in [0.25, 0.3) is 0 Å². The van der Waals surface area contributed by atoms with Crippen molar-refractivity contribution >= 4 is 23.4 Å². The van der Waals surface area contributed by atoms with E-state index in [-0.39, 0.29) is 43.5 Å². The monoisotopic (exact) mass is 449 g/mol. The highest BCUT2D eigenvalue weighted by Gasteiger charge is 2.37. The molecular formula is C25H27N3O5. The molecule has 2 aromatic rings. The van der Waals surface area contributed by atoms with Crippen molar-refractivity contribution in [3.8, 4) is 11.5 Å². The molecule has 3 amide bonds. The van der Waals surface area contributed by atoms with Crippen LogP contribution in [0.2, 0.25) is 0 Å². The summed E-state index contributed by atoms with van der Waals surface area (Å²) in [6, 6.07) is 12.7. The second-order valence-corrected chi connectivity index (χ2v) is 8.83. The van der Waals surface area contributed by atoms with Gasteiger partial charge < -0.3 is 25.0 Å². The second-order valence-electron chi connectivity index (χ2n) is 8.83. The Hall–Kier alpha value is -3.55. The largest absolute Gasteiger partial charge is 0.454 e. The van der Waals surface area contributed by atoms with Crippen LogP contribution in [0.25, 0.3) is 0 Å². The number of anilines is 1. The summed E-state index contributed by atoms with van der Waals surface area (Å²) < 4.78 is 10.7. The first kappa shape index (κ1) is 21.3. The number of hydrogen-bond acceptors (Lipinski definition) is 5. The molecule has 3 aliphatic rings. The Bertz CT molecular complexity index is 1100. The lowest BCUT2D eigenvalue weighted by Crippen LogP contribution is -2.48. The van der Waals surface area contributed by atoms with Crippen LogP contribution >= 0.6 is 0 Å². The molecule has 0 bridgehead atoms. The summed E-state index contributed by atoms with van der Waals surface area (Å²) in [7, 11) is 0. The number of aryl methyl sites for hydroxylation is 1. The predicted molar refractivity (Wildman–Crippen MR) is 121 cm³/mol. The van der Waals surface area contributed by atoms with Crippen molar-refractivity contribution in [3.63, 3.8) is 0 Å². The van der Waals surface area contributed by atoms with Crippen LogP contribution in [0.15, 0.2) is 42.5 Å². The quantitative estimate of drug-likeness (QED) is 0.731. The van der Waals surface area contributed by atoms with Gasteiger partial charge in [0.2, 0.25) is 24.5 Å². The fourth-order valence-corrected chi connectivity index (χ4v) is 4.78. The topological polar surface area (TPSA) is 97.0 Å². The Kier molecular flexibility index (Phi) is 5.66. The minimum Gasteiger partial charge on any atom is -0.454 e. The summed E-state index contributed by atoms with van der Waals surface area (Å²) in [5, 5.41) is 5.88. The van der Waals surface area contributed by atoms with Crippen molar-refractivity contribution in [1.82, 2.24) is 10.6 Å². The van der Waals surface area contributed by atoms with Crippen molar-refractivity contribution in [2.75, 3.05) is 18.2 Å². The highest BCUT2D eigenvalue weighted by atomic mass is 16.7. The van der Waals surface area contributed by atoms with Crippen LogP contribution in [0.4, 0.5) is 5.69 Å². The first-order valence-corrected chi connectivity index (χ1v) is 11.4. The fourth-order valence-electron chi connectivity index (χ4n) is 4.78. The average Bonchev–Trinajstić information content (AvgIpc) is 3.45. The fraction of sp³-hybridized carbons (Fsp3) is 0.400. The molecule has 172 valence electrons. The minimum atomic E-state index is -0.693. The van der Waals surface area contributed by atoms with Crippen LogP contribution in [-0.2, 0) is 20.8 Å². The second kappa shape index (κ2) is 8.77. The average molecular weight is 450 g/mol. The maximum atomic E-state index is 12.8. The lowest BCUT2D eigenvalue weighted by Gasteiger charge is -2.28. The smallest absolute Gasteiger partial charge is 0.242 e. The first-order valence-electron chi connectivity index (χ1n) is 11.4. The van der Waals surface area contributed by atoms with Crippen molar-refractivity contribution in [3.05, 3.63) is 53.6 Å². The zero-order valence-electron chi connectivity index (χ0n) is 18.5. The number of ether oxygens (including phenoxy) is 2. The molecule has 2 N–H and O–H groups in total. The van der Waals surface area contributed by atoms with E-state index in [0.29, 0.717) is 17.2 Å². The Balaban J connectivity index is 1.18. The maximum Gasteiger partial charge on any atom is 0.242 e.